The second-order valence-electron chi connectivity index (χ2n) is 4.18. The molecule has 0 aliphatic carbocycles. The van der Waals surface area contributed by atoms with Crippen LogP contribution in [0.1, 0.15) is 20.8 Å². The van der Waals surface area contributed by atoms with Crippen molar-refractivity contribution in [1.29, 1.82) is 0 Å². The Labute approximate surface area is 76.7 Å². The monoisotopic (exact) mass is 181 g/mol. The Morgan fingerprint density at radius 1 is 1.08 bits per heavy atom. The summed E-state index contributed by atoms with van der Waals surface area (Å²) in [4.78, 5) is 0. The molecule has 0 radical (unpaired) electrons. The van der Waals surface area contributed by atoms with E-state index in [4.69, 9.17) is 4.43 Å². The maximum absolute atomic E-state index is 5.81. The van der Waals surface area contributed by atoms with E-state index in [1.54, 1.807) is 0 Å². The predicted octanol–water partition coefficient (Wildman–Crippen LogP) is 0.943. The number of hydrogen-bond donors (Lipinski definition) is 0. The average molecular weight is 181 g/mol. The van der Waals surface area contributed by atoms with Gasteiger partial charge in [0.25, 0.3) is 0 Å². The Kier molecular flexibility index (Phi) is 3.06. The van der Waals surface area contributed by atoms with Gasteiger partial charge in [-0.3, -0.25) is 0 Å². The van der Waals surface area contributed by atoms with E-state index in [9.17, 15) is 0 Å². The van der Waals surface area contributed by atoms with E-state index in [0.717, 1.165) is 0 Å². The second kappa shape index (κ2) is 3.87. The Balaban J connectivity index is 2.44. The summed E-state index contributed by atoms with van der Waals surface area (Å²) in [7, 11) is -1.00. The Bertz CT molecular complexity index is 225. The van der Waals surface area contributed by atoms with Crippen LogP contribution in [0.4, 0.5) is 0 Å². The van der Waals surface area contributed by atoms with Crippen LogP contribution < -0.4 is 5.19 Å². The fraction of sp³-hybridized carbons (Fsp3) is 0.400. The van der Waals surface area contributed by atoms with E-state index < -0.39 is 9.76 Å². The topological polar surface area (TPSA) is 9.23 Å². The molecule has 12 heavy (non-hydrogen) atoms. The van der Waals surface area contributed by atoms with Crippen LogP contribution >= 0.6 is 0 Å². The Morgan fingerprint density at radius 3 is 2.17 bits per heavy atom. The van der Waals surface area contributed by atoms with Gasteiger partial charge in [-0.05, 0) is 0 Å². The molecular formula is C10H17OSi-. The number of hydrogen-bond acceptors (Lipinski definition) is 1. The average Bonchev–Trinajstić information content (AvgIpc) is 2.02. The van der Waals surface area contributed by atoms with Gasteiger partial charge in [-0.15, -0.1) is 0 Å². The summed E-state index contributed by atoms with van der Waals surface area (Å²) in [5.41, 5.74) is 0.0406. The number of benzene rings is 1. The molecule has 0 saturated heterocycles. The molecule has 0 atom stereocenters. The minimum absolute atomic E-state index is 0.0406. The van der Waals surface area contributed by atoms with Crippen molar-refractivity contribution in [2.24, 2.45) is 0 Å². The molecule has 1 aromatic rings. The number of rotatable bonds is 2. The van der Waals surface area contributed by atoms with Gasteiger partial charge in [0, 0.05) is 0 Å². The normalized spacial score (nSPS) is 11.9. The van der Waals surface area contributed by atoms with E-state index >= 15 is 0 Å². The van der Waals surface area contributed by atoms with Gasteiger partial charge in [0.05, 0.1) is 0 Å². The molecule has 0 amide bonds. The van der Waals surface area contributed by atoms with Gasteiger partial charge in [-0.25, -0.2) is 0 Å². The molecule has 0 saturated carbocycles. The maximum atomic E-state index is 5.81. The van der Waals surface area contributed by atoms with Crippen molar-refractivity contribution >= 4 is 14.9 Å². The van der Waals surface area contributed by atoms with Crippen LogP contribution in [-0.2, 0) is 4.43 Å². The molecule has 0 spiro atoms. The minimum atomic E-state index is -1.00. The molecule has 0 fully saturated rings. The summed E-state index contributed by atoms with van der Waals surface area (Å²) in [6.45, 7) is 6.34. The molecule has 0 aliphatic heterocycles. The van der Waals surface area contributed by atoms with E-state index in [1.807, 2.05) is 6.07 Å². The third-order valence-electron chi connectivity index (χ3n) is 1.89. The van der Waals surface area contributed by atoms with Crippen molar-refractivity contribution in [2.45, 2.75) is 26.4 Å². The van der Waals surface area contributed by atoms with Crippen LogP contribution in [0.5, 0.6) is 0 Å². The van der Waals surface area contributed by atoms with Gasteiger partial charge in [-0.2, -0.15) is 0 Å². The molecule has 0 aromatic heterocycles. The summed E-state index contributed by atoms with van der Waals surface area (Å²) >= 11 is 0. The van der Waals surface area contributed by atoms with E-state index in [2.05, 4.69) is 45.0 Å². The van der Waals surface area contributed by atoms with Crippen molar-refractivity contribution in [1.82, 2.24) is 0 Å². The summed E-state index contributed by atoms with van der Waals surface area (Å²) < 4.78 is 5.81. The van der Waals surface area contributed by atoms with Gasteiger partial charge in [-0.1, -0.05) is 0 Å². The van der Waals surface area contributed by atoms with Crippen LogP contribution in [0.2, 0.25) is 0 Å². The quantitative estimate of drug-likeness (QED) is 0.617. The van der Waals surface area contributed by atoms with Crippen LogP contribution in [0.25, 0.3) is 0 Å². The molecule has 0 bridgehead atoms. The third kappa shape index (κ3) is 3.69. The molecule has 68 valence electrons. The standard InChI is InChI=1S/C10H17OSi/c1-10(2,3)11-12-9-7-5-4-6-8-9/h4-8H,1-3,12H3/q-1. The molecule has 1 aromatic carbocycles. The molecule has 2 heteroatoms. The van der Waals surface area contributed by atoms with Crippen molar-refractivity contribution in [2.75, 3.05) is 0 Å². The van der Waals surface area contributed by atoms with Crippen LogP contribution in [0.15, 0.2) is 30.3 Å². The first-order valence-corrected chi connectivity index (χ1v) is 6.34. The van der Waals surface area contributed by atoms with Crippen molar-refractivity contribution in [3.8, 4) is 0 Å². The summed E-state index contributed by atoms with van der Waals surface area (Å²) in [6.07, 6.45) is 0. The Hall–Kier alpha value is -0.603. The molecule has 0 aliphatic rings. The molecular weight excluding hydrogens is 164 g/mol. The first-order chi connectivity index (χ1) is 5.58. The zero-order chi connectivity index (χ0) is 9.03. The summed E-state index contributed by atoms with van der Waals surface area (Å²) in [6, 6.07) is 10.5. The van der Waals surface area contributed by atoms with Gasteiger partial charge in [0.1, 0.15) is 0 Å². The van der Waals surface area contributed by atoms with Crippen LogP contribution in [0.3, 0.4) is 0 Å². The van der Waals surface area contributed by atoms with E-state index in [-0.39, 0.29) is 5.60 Å². The van der Waals surface area contributed by atoms with E-state index in [1.165, 1.54) is 5.19 Å². The molecule has 1 nitrogen and oxygen atoms in total. The Morgan fingerprint density at radius 2 is 1.67 bits per heavy atom. The fourth-order valence-electron chi connectivity index (χ4n) is 1.09. The second-order valence-corrected chi connectivity index (χ2v) is 6.15. The van der Waals surface area contributed by atoms with Crippen LogP contribution in [-0.4, -0.2) is 15.4 Å². The van der Waals surface area contributed by atoms with Gasteiger partial charge in [0.2, 0.25) is 0 Å². The van der Waals surface area contributed by atoms with E-state index in [0.29, 0.717) is 0 Å². The summed E-state index contributed by atoms with van der Waals surface area (Å²) in [5, 5.41) is 1.42. The van der Waals surface area contributed by atoms with Gasteiger partial charge in [0.15, 0.2) is 0 Å². The third-order valence-corrected chi connectivity index (χ3v) is 4.46. The molecule has 0 N–H and O–H groups in total. The SMILES string of the molecule is CC(C)(C)O[SiH3-]c1ccccc1. The van der Waals surface area contributed by atoms with Crippen LogP contribution in [0, 0.1) is 0 Å². The summed E-state index contributed by atoms with van der Waals surface area (Å²) in [5.74, 6) is 0. The zero-order valence-electron chi connectivity index (χ0n) is 8.29. The predicted molar refractivity (Wildman–Crippen MR) is 56.9 cm³/mol. The van der Waals surface area contributed by atoms with Gasteiger partial charge < -0.3 is 0 Å². The van der Waals surface area contributed by atoms with Crippen molar-refractivity contribution < 1.29 is 4.43 Å². The first-order valence-electron chi connectivity index (χ1n) is 4.52. The zero-order valence-corrected chi connectivity index (χ0v) is 10.3. The molecule has 0 unspecified atom stereocenters. The fourth-order valence-corrected chi connectivity index (χ4v) is 2.60. The van der Waals surface area contributed by atoms with Crippen molar-refractivity contribution in [3.63, 3.8) is 0 Å². The first kappa shape index (κ1) is 9.48. The molecule has 0 heterocycles. The van der Waals surface area contributed by atoms with Gasteiger partial charge >= 0.3 is 76.1 Å². The van der Waals surface area contributed by atoms with Crippen molar-refractivity contribution in [3.05, 3.63) is 30.3 Å². The molecule has 1 rings (SSSR count).